The molecule has 5 nitrogen and oxygen atoms in total. The minimum Gasteiger partial charge on any atom is -0.310 e. The van der Waals surface area contributed by atoms with Crippen LogP contribution in [-0.4, -0.2) is 23.7 Å². The molecule has 0 saturated carbocycles. The van der Waals surface area contributed by atoms with E-state index in [-0.39, 0.29) is 0 Å². The third-order valence-corrected chi connectivity index (χ3v) is 10.6. The molecule has 240 valence electrons. The van der Waals surface area contributed by atoms with Crippen LogP contribution in [0.3, 0.4) is 0 Å². The van der Waals surface area contributed by atoms with Crippen LogP contribution >= 0.6 is 0 Å². The maximum absolute atomic E-state index is 5.39. The number of nitrogens with zero attached hydrogens (tertiary/aromatic N) is 5. The van der Waals surface area contributed by atoms with Crippen LogP contribution in [0.5, 0.6) is 0 Å². The molecule has 5 heteroatoms. The summed E-state index contributed by atoms with van der Waals surface area (Å²) in [6.45, 7) is 0. The van der Waals surface area contributed by atoms with E-state index in [1.165, 1.54) is 43.7 Å². The van der Waals surface area contributed by atoms with Crippen LogP contribution in [0.2, 0.25) is 0 Å². The molecule has 4 heterocycles. The first-order valence-electron chi connectivity index (χ1n) is 17.6. The minimum atomic E-state index is 0.640. The van der Waals surface area contributed by atoms with Crippen molar-refractivity contribution in [3.05, 3.63) is 169 Å². The third kappa shape index (κ3) is 4.15. The Morgan fingerprint density at radius 3 is 1.51 bits per heavy atom. The summed E-state index contributed by atoms with van der Waals surface area (Å²) in [5.41, 5.74) is 11.4. The number of para-hydroxylation sites is 5. The molecule has 11 rings (SSSR count). The summed E-state index contributed by atoms with van der Waals surface area (Å²) in [4.78, 5) is 10.7. The van der Waals surface area contributed by atoms with Gasteiger partial charge >= 0.3 is 0 Å². The molecule has 0 radical (unpaired) electrons. The van der Waals surface area contributed by atoms with E-state index >= 15 is 0 Å². The summed E-state index contributed by atoms with van der Waals surface area (Å²) in [7, 11) is 0. The van der Waals surface area contributed by atoms with Crippen LogP contribution in [0, 0.1) is 0 Å². The number of hydrogen-bond donors (Lipinski definition) is 0. The topological polar surface area (TPSA) is 40.6 Å². The lowest BCUT2D eigenvalue weighted by Gasteiger charge is -2.15. The first-order chi connectivity index (χ1) is 25.3. The van der Waals surface area contributed by atoms with Gasteiger partial charge in [0.1, 0.15) is 5.82 Å². The molecule has 0 aliphatic heterocycles. The fourth-order valence-corrected chi connectivity index (χ4v) is 8.34. The quantitative estimate of drug-likeness (QED) is 0.190. The van der Waals surface area contributed by atoms with Gasteiger partial charge in [0, 0.05) is 49.9 Å². The molecule has 6 aromatic carbocycles. The van der Waals surface area contributed by atoms with Crippen molar-refractivity contribution in [2.24, 2.45) is 0 Å². The molecular formula is C46H31N5. The Morgan fingerprint density at radius 2 is 0.941 bits per heavy atom. The zero-order valence-electron chi connectivity index (χ0n) is 27.7. The normalized spacial score (nSPS) is 12.9. The number of fused-ring (bicyclic) bond motifs is 9. The smallest absolute Gasteiger partial charge is 0.237 e. The average molecular weight is 654 g/mol. The molecule has 1 aliphatic rings. The van der Waals surface area contributed by atoms with E-state index < -0.39 is 0 Å². The van der Waals surface area contributed by atoms with Crippen molar-refractivity contribution in [1.29, 1.82) is 0 Å². The lowest BCUT2D eigenvalue weighted by atomic mass is 10.0. The zero-order valence-corrected chi connectivity index (χ0v) is 27.7. The van der Waals surface area contributed by atoms with Crippen molar-refractivity contribution in [2.45, 2.75) is 12.8 Å². The summed E-state index contributed by atoms with van der Waals surface area (Å²) in [5, 5.41) is 6.10. The van der Waals surface area contributed by atoms with Crippen LogP contribution in [0.25, 0.3) is 89.3 Å². The van der Waals surface area contributed by atoms with Crippen molar-refractivity contribution in [3.63, 3.8) is 0 Å². The van der Waals surface area contributed by atoms with Crippen LogP contribution in [0.1, 0.15) is 17.7 Å². The van der Waals surface area contributed by atoms with Gasteiger partial charge in [-0.25, -0.2) is 4.98 Å². The standard InChI is InChI=1S/C46H31N5/c1-7-19-39-32(13-1)33-14-2-8-20-40(33)49(39)31-27-25-30(26-28-31)38-29-45(50-41-21-9-3-15-34(41)35-16-4-10-22-42(35)50)48-46(47-38)51-43-23-11-5-17-36(43)37-18-6-12-24-44(37)51/h1,3-13,15-29H,2,14H2. The van der Waals surface area contributed by atoms with E-state index in [1.807, 2.05) is 0 Å². The molecule has 10 aromatic rings. The Balaban J connectivity index is 1.16. The third-order valence-electron chi connectivity index (χ3n) is 10.6. The minimum absolute atomic E-state index is 0.640. The van der Waals surface area contributed by atoms with Crippen molar-refractivity contribution >= 4 is 60.6 Å². The number of benzene rings is 6. The van der Waals surface area contributed by atoms with Crippen LogP contribution in [0.15, 0.2) is 158 Å². The van der Waals surface area contributed by atoms with Crippen LogP contribution in [-0.2, 0) is 6.42 Å². The zero-order chi connectivity index (χ0) is 33.5. The van der Waals surface area contributed by atoms with Gasteiger partial charge in [-0.15, -0.1) is 0 Å². The Labute approximate surface area is 294 Å². The molecule has 1 aliphatic carbocycles. The van der Waals surface area contributed by atoms with E-state index in [0.717, 1.165) is 57.7 Å². The van der Waals surface area contributed by atoms with Crippen LogP contribution < -0.4 is 0 Å². The summed E-state index contributed by atoms with van der Waals surface area (Å²) in [6, 6.07) is 54.0. The van der Waals surface area contributed by atoms with Gasteiger partial charge in [0.2, 0.25) is 5.95 Å². The molecule has 0 N–H and O–H groups in total. The molecule has 4 aromatic heterocycles. The Morgan fingerprint density at radius 1 is 0.451 bits per heavy atom. The van der Waals surface area contributed by atoms with E-state index in [4.69, 9.17) is 9.97 Å². The van der Waals surface area contributed by atoms with Crippen molar-refractivity contribution in [1.82, 2.24) is 23.7 Å². The predicted molar refractivity (Wildman–Crippen MR) is 210 cm³/mol. The second kappa shape index (κ2) is 10.9. The Hall–Kier alpha value is -6.72. The van der Waals surface area contributed by atoms with Crippen molar-refractivity contribution in [2.75, 3.05) is 0 Å². The van der Waals surface area contributed by atoms with Gasteiger partial charge in [-0.1, -0.05) is 109 Å². The molecule has 0 bridgehead atoms. The van der Waals surface area contributed by atoms with Gasteiger partial charge < -0.3 is 4.57 Å². The highest BCUT2D eigenvalue weighted by atomic mass is 15.2. The predicted octanol–water partition coefficient (Wildman–Crippen LogP) is 11.2. The highest BCUT2D eigenvalue weighted by Crippen LogP contribution is 2.37. The van der Waals surface area contributed by atoms with E-state index in [0.29, 0.717) is 5.95 Å². The molecule has 0 spiro atoms. The maximum Gasteiger partial charge on any atom is 0.237 e. The summed E-state index contributed by atoms with van der Waals surface area (Å²) in [6.07, 6.45) is 6.72. The molecule has 0 amide bonds. The fraction of sp³-hybridized carbons (Fsp3) is 0.0435. The summed E-state index contributed by atoms with van der Waals surface area (Å²) < 4.78 is 6.90. The molecule has 0 unspecified atom stereocenters. The maximum atomic E-state index is 5.39. The van der Waals surface area contributed by atoms with Gasteiger partial charge in [-0.05, 0) is 66.9 Å². The Bertz CT molecular complexity index is 2790. The summed E-state index contributed by atoms with van der Waals surface area (Å²) >= 11 is 0. The van der Waals surface area contributed by atoms with E-state index in [9.17, 15) is 0 Å². The summed E-state index contributed by atoms with van der Waals surface area (Å²) in [5.74, 6) is 1.47. The molecular weight excluding hydrogens is 623 g/mol. The van der Waals surface area contributed by atoms with E-state index in [1.54, 1.807) is 0 Å². The second-order valence-electron chi connectivity index (χ2n) is 13.4. The highest BCUT2D eigenvalue weighted by Gasteiger charge is 2.21. The van der Waals surface area contributed by atoms with Crippen LogP contribution in [0.4, 0.5) is 0 Å². The van der Waals surface area contributed by atoms with Gasteiger partial charge in [0.05, 0.1) is 33.3 Å². The largest absolute Gasteiger partial charge is 0.310 e. The van der Waals surface area contributed by atoms with Gasteiger partial charge in [0.15, 0.2) is 0 Å². The SMILES string of the molecule is C1=Cc2c(c3ccccc3n2-c2ccc(-c3cc(-n4c5ccccc5c5ccccc54)nc(-n4c5ccccc5c5ccccc54)n3)cc2)CC1. The van der Waals surface area contributed by atoms with Crippen molar-refractivity contribution < 1.29 is 0 Å². The molecule has 0 saturated heterocycles. The molecule has 51 heavy (non-hydrogen) atoms. The lowest BCUT2D eigenvalue weighted by molar-refractivity contribution is 0.951. The highest BCUT2D eigenvalue weighted by molar-refractivity contribution is 6.10. The van der Waals surface area contributed by atoms with Gasteiger partial charge in [-0.3, -0.25) is 9.13 Å². The first kappa shape index (κ1) is 28.2. The number of aryl methyl sites for hydroxylation is 1. The van der Waals surface area contributed by atoms with Gasteiger partial charge in [0.25, 0.3) is 0 Å². The monoisotopic (exact) mass is 653 g/mol. The van der Waals surface area contributed by atoms with Gasteiger partial charge in [-0.2, -0.15) is 4.98 Å². The fourth-order valence-electron chi connectivity index (χ4n) is 8.34. The number of hydrogen-bond acceptors (Lipinski definition) is 2. The number of aromatic nitrogens is 5. The second-order valence-corrected chi connectivity index (χ2v) is 13.4. The van der Waals surface area contributed by atoms with E-state index in [2.05, 4.69) is 178 Å². The number of rotatable bonds is 4. The molecule has 0 atom stereocenters. The average Bonchev–Trinajstić information content (AvgIpc) is 3.84. The first-order valence-corrected chi connectivity index (χ1v) is 17.6. The lowest BCUT2D eigenvalue weighted by Crippen LogP contribution is -2.07. The molecule has 0 fully saturated rings. The van der Waals surface area contributed by atoms with Crippen molar-refractivity contribution in [3.8, 4) is 28.7 Å². The number of allylic oxidation sites excluding steroid dienone is 1. The Kier molecular flexibility index (Phi) is 6.01.